The standard InChI is InChI=1S/C22H26ClN3O5S/c1-15(2)14-24-21(27)17-5-3-4-6-20(17)25-22(28)18-13-16(7-8-19(18)23)32(29,30)26-9-11-31-12-10-26/h3-8,13,15H,9-12,14H2,1-2H3,(H,24,27)(H,25,28). The van der Waals surface area contributed by atoms with Crippen LogP contribution < -0.4 is 10.6 Å². The van der Waals surface area contributed by atoms with Gasteiger partial charge in [-0.3, -0.25) is 9.59 Å². The Morgan fingerprint density at radius 3 is 2.44 bits per heavy atom. The zero-order chi connectivity index (χ0) is 23.3. The van der Waals surface area contributed by atoms with Crippen LogP contribution in [0, 0.1) is 5.92 Å². The average Bonchev–Trinajstić information content (AvgIpc) is 2.78. The molecule has 1 saturated heterocycles. The molecule has 0 radical (unpaired) electrons. The SMILES string of the molecule is CC(C)CNC(=O)c1ccccc1NC(=O)c1cc(S(=O)(=O)N2CCOCC2)ccc1Cl. The van der Waals surface area contributed by atoms with Gasteiger partial charge >= 0.3 is 0 Å². The van der Waals surface area contributed by atoms with Crippen LogP contribution in [0.5, 0.6) is 0 Å². The van der Waals surface area contributed by atoms with E-state index in [1.807, 2.05) is 13.8 Å². The molecule has 2 aromatic rings. The molecular formula is C22H26ClN3O5S. The van der Waals surface area contributed by atoms with Crippen molar-refractivity contribution in [2.24, 2.45) is 5.92 Å². The number of rotatable bonds is 7. The minimum absolute atomic E-state index is 0.00149. The number of nitrogens with one attached hydrogen (secondary N) is 2. The second-order valence-electron chi connectivity index (χ2n) is 7.76. The van der Waals surface area contributed by atoms with Crippen molar-refractivity contribution in [3.05, 3.63) is 58.6 Å². The number of carbonyl (C=O) groups is 2. The molecule has 1 aliphatic heterocycles. The molecule has 0 bridgehead atoms. The van der Waals surface area contributed by atoms with Crippen molar-refractivity contribution >= 4 is 39.1 Å². The minimum atomic E-state index is -3.79. The molecule has 1 aliphatic rings. The van der Waals surface area contributed by atoms with E-state index >= 15 is 0 Å². The third-order valence-corrected chi connectivity index (χ3v) is 7.11. The Morgan fingerprint density at radius 1 is 1.06 bits per heavy atom. The highest BCUT2D eigenvalue weighted by Crippen LogP contribution is 2.25. The largest absolute Gasteiger partial charge is 0.379 e. The summed E-state index contributed by atoms with van der Waals surface area (Å²) in [6.07, 6.45) is 0. The lowest BCUT2D eigenvalue weighted by Crippen LogP contribution is -2.40. The first-order valence-corrected chi connectivity index (χ1v) is 12.1. The van der Waals surface area contributed by atoms with Crippen LogP contribution in [0.15, 0.2) is 47.4 Å². The molecule has 0 atom stereocenters. The van der Waals surface area contributed by atoms with Gasteiger partial charge in [0.25, 0.3) is 11.8 Å². The molecule has 0 aliphatic carbocycles. The summed E-state index contributed by atoms with van der Waals surface area (Å²) in [6, 6.07) is 10.6. The Labute approximate surface area is 192 Å². The molecule has 0 saturated carbocycles. The second-order valence-corrected chi connectivity index (χ2v) is 10.1. The molecule has 172 valence electrons. The van der Waals surface area contributed by atoms with Crippen LogP contribution in [-0.4, -0.2) is 57.4 Å². The number of morpholine rings is 1. The molecule has 8 nitrogen and oxygen atoms in total. The summed E-state index contributed by atoms with van der Waals surface area (Å²) in [7, 11) is -3.79. The maximum Gasteiger partial charge on any atom is 0.257 e. The van der Waals surface area contributed by atoms with Crippen LogP contribution in [0.2, 0.25) is 5.02 Å². The van der Waals surface area contributed by atoms with E-state index in [0.29, 0.717) is 31.0 Å². The van der Waals surface area contributed by atoms with Crippen LogP contribution in [0.3, 0.4) is 0 Å². The molecule has 32 heavy (non-hydrogen) atoms. The summed E-state index contributed by atoms with van der Waals surface area (Å²) in [5, 5.41) is 5.60. The number of hydrogen-bond acceptors (Lipinski definition) is 5. The van der Waals surface area contributed by atoms with Crippen molar-refractivity contribution in [2.45, 2.75) is 18.7 Å². The number of sulfonamides is 1. The van der Waals surface area contributed by atoms with Gasteiger partial charge in [-0.15, -0.1) is 0 Å². The fraction of sp³-hybridized carbons (Fsp3) is 0.364. The number of benzene rings is 2. The van der Waals surface area contributed by atoms with E-state index in [1.54, 1.807) is 24.3 Å². The van der Waals surface area contributed by atoms with Crippen LogP contribution in [0.1, 0.15) is 34.6 Å². The summed E-state index contributed by atoms with van der Waals surface area (Å²) in [5.74, 6) is -0.654. The van der Waals surface area contributed by atoms with Gasteiger partial charge in [0.2, 0.25) is 10.0 Å². The topological polar surface area (TPSA) is 105 Å². The zero-order valence-electron chi connectivity index (χ0n) is 17.9. The Hall–Kier alpha value is -2.46. The van der Waals surface area contributed by atoms with Gasteiger partial charge in [-0.1, -0.05) is 37.6 Å². The van der Waals surface area contributed by atoms with Gasteiger partial charge in [0.05, 0.1) is 39.9 Å². The van der Waals surface area contributed by atoms with Crippen molar-refractivity contribution in [1.82, 2.24) is 9.62 Å². The van der Waals surface area contributed by atoms with Crippen molar-refractivity contribution in [3.8, 4) is 0 Å². The lowest BCUT2D eigenvalue weighted by molar-refractivity contribution is 0.0730. The fourth-order valence-electron chi connectivity index (χ4n) is 3.15. The van der Waals surface area contributed by atoms with E-state index in [1.165, 1.54) is 22.5 Å². The monoisotopic (exact) mass is 479 g/mol. The number of amides is 2. The van der Waals surface area contributed by atoms with Gasteiger partial charge in [-0.05, 0) is 36.2 Å². The molecule has 0 unspecified atom stereocenters. The summed E-state index contributed by atoms with van der Waals surface area (Å²) in [6.45, 7) is 5.57. The van der Waals surface area contributed by atoms with Crippen LogP contribution in [0.4, 0.5) is 5.69 Å². The van der Waals surface area contributed by atoms with Gasteiger partial charge in [0.1, 0.15) is 0 Å². The lowest BCUT2D eigenvalue weighted by atomic mass is 10.1. The van der Waals surface area contributed by atoms with Crippen molar-refractivity contribution < 1.29 is 22.7 Å². The second kappa shape index (κ2) is 10.4. The Balaban J connectivity index is 1.85. The van der Waals surface area contributed by atoms with E-state index in [4.69, 9.17) is 16.3 Å². The smallest absolute Gasteiger partial charge is 0.257 e. The third-order valence-electron chi connectivity index (χ3n) is 4.88. The number of nitrogens with zero attached hydrogens (tertiary/aromatic N) is 1. The van der Waals surface area contributed by atoms with Crippen LogP contribution >= 0.6 is 11.6 Å². The predicted molar refractivity (Wildman–Crippen MR) is 123 cm³/mol. The van der Waals surface area contributed by atoms with Crippen molar-refractivity contribution in [3.63, 3.8) is 0 Å². The number of halogens is 1. The molecule has 2 aromatic carbocycles. The molecular weight excluding hydrogens is 454 g/mol. The third kappa shape index (κ3) is 5.66. The molecule has 1 fully saturated rings. The highest BCUT2D eigenvalue weighted by molar-refractivity contribution is 7.89. The van der Waals surface area contributed by atoms with Crippen molar-refractivity contribution in [1.29, 1.82) is 0 Å². The molecule has 0 aromatic heterocycles. The number of anilines is 1. The van der Waals surface area contributed by atoms with Gasteiger partial charge in [0, 0.05) is 19.6 Å². The quantitative estimate of drug-likeness (QED) is 0.635. The number of hydrogen-bond donors (Lipinski definition) is 2. The minimum Gasteiger partial charge on any atom is -0.379 e. The number of ether oxygens (including phenoxy) is 1. The Kier molecular flexibility index (Phi) is 7.89. The maximum absolute atomic E-state index is 13.0. The normalized spacial score (nSPS) is 14.9. The van der Waals surface area contributed by atoms with Crippen molar-refractivity contribution in [2.75, 3.05) is 38.2 Å². The van der Waals surface area contributed by atoms with E-state index in [0.717, 1.165) is 0 Å². The van der Waals surface area contributed by atoms with E-state index in [-0.39, 0.29) is 40.4 Å². The van der Waals surface area contributed by atoms with Gasteiger partial charge in [-0.2, -0.15) is 4.31 Å². The van der Waals surface area contributed by atoms with E-state index < -0.39 is 15.9 Å². The first-order chi connectivity index (χ1) is 15.2. The molecule has 2 N–H and O–H groups in total. The fourth-order valence-corrected chi connectivity index (χ4v) is 4.78. The van der Waals surface area contributed by atoms with E-state index in [9.17, 15) is 18.0 Å². The van der Waals surface area contributed by atoms with Crippen LogP contribution in [0.25, 0.3) is 0 Å². The summed E-state index contributed by atoms with van der Waals surface area (Å²) in [4.78, 5) is 25.5. The number of carbonyl (C=O) groups excluding carboxylic acids is 2. The zero-order valence-corrected chi connectivity index (χ0v) is 19.5. The maximum atomic E-state index is 13.0. The van der Waals surface area contributed by atoms with E-state index in [2.05, 4.69) is 10.6 Å². The molecule has 10 heteroatoms. The van der Waals surface area contributed by atoms with Gasteiger partial charge < -0.3 is 15.4 Å². The molecule has 3 rings (SSSR count). The molecule has 0 spiro atoms. The molecule has 2 amide bonds. The molecule has 1 heterocycles. The first kappa shape index (κ1) is 24.2. The highest BCUT2D eigenvalue weighted by atomic mass is 35.5. The summed E-state index contributed by atoms with van der Waals surface area (Å²) in [5.41, 5.74) is 0.601. The predicted octanol–water partition coefficient (Wildman–Crippen LogP) is 3.00. The summed E-state index contributed by atoms with van der Waals surface area (Å²) >= 11 is 6.21. The Bertz CT molecular complexity index is 1100. The highest BCUT2D eigenvalue weighted by Gasteiger charge is 2.28. The average molecular weight is 480 g/mol. The summed E-state index contributed by atoms with van der Waals surface area (Å²) < 4.78 is 32.4. The van der Waals surface area contributed by atoms with Crippen LogP contribution in [-0.2, 0) is 14.8 Å². The lowest BCUT2D eigenvalue weighted by Gasteiger charge is -2.26. The van der Waals surface area contributed by atoms with Gasteiger partial charge in [0.15, 0.2) is 0 Å². The first-order valence-electron chi connectivity index (χ1n) is 10.3. The van der Waals surface area contributed by atoms with Gasteiger partial charge in [-0.25, -0.2) is 8.42 Å². The number of para-hydroxylation sites is 1. The Morgan fingerprint density at radius 2 is 1.75 bits per heavy atom.